The third kappa shape index (κ3) is 3.72. The predicted octanol–water partition coefficient (Wildman–Crippen LogP) is 2.78. The highest BCUT2D eigenvalue weighted by Gasteiger charge is 2.45. The number of amides is 3. The quantitative estimate of drug-likeness (QED) is 0.723. The zero-order chi connectivity index (χ0) is 20.7. The average Bonchev–Trinajstić information content (AvgIpc) is 2.86. The molecule has 1 aromatic carbocycles. The molecule has 1 aromatic rings. The highest BCUT2D eigenvalue weighted by molar-refractivity contribution is 6.20. The molecule has 0 saturated carbocycles. The molecule has 2 aliphatic heterocycles. The molecule has 8 nitrogen and oxygen atoms in total. The first-order chi connectivity index (χ1) is 13.0. The molecule has 0 bridgehead atoms. The maximum absolute atomic E-state index is 12.7. The fraction of sp³-hybridized carbons (Fsp3) is 0.500. The number of nitrogens with zero attached hydrogens (tertiary/aromatic N) is 2. The van der Waals surface area contributed by atoms with Crippen LogP contribution in [0.15, 0.2) is 24.3 Å². The van der Waals surface area contributed by atoms with Crippen LogP contribution < -0.4 is 0 Å². The fourth-order valence-electron chi connectivity index (χ4n) is 3.16. The Labute approximate surface area is 163 Å². The van der Waals surface area contributed by atoms with Crippen LogP contribution in [-0.2, 0) is 14.4 Å². The molecule has 1 saturated heterocycles. The van der Waals surface area contributed by atoms with Crippen molar-refractivity contribution in [1.82, 2.24) is 9.96 Å². The van der Waals surface area contributed by atoms with Crippen LogP contribution in [0.1, 0.15) is 61.3 Å². The minimum absolute atomic E-state index is 0.213. The largest absolute Gasteiger partial charge is 0.444 e. The summed E-state index contributed by atoms with van der Waals surface area (Å²) in [5.41, 5.74) is -1.08. The number of hydrogen-bond acceptors (Lipinski definition) is 6. The summed E-state index contributed by atoms with van der Waals surface area (Å²) in [5.74, 6) is -1.96. The number of fused-ring (bicyclic) bond motifs is 1. The molecule has 2 aliphatic rings. The molecule has 0 radical (unpaired) electrons. The van der Waals surface area contributed by atoms with E-state index in [-0.39, 0.29) is 11.1 Å². The van der Waals surface area contributed by atoms with Crippen molar-refractivity contribution >= 4 is 23.9 Å². The van der Waals surface area contributed by atoms with Gasteiger partial charge in [0, 0.05) is 13.1 Å². The number of piperidine rings is 1. The first-order valence-corrected chi connectivity index (χ1v) is 9.20. The van der Waals surface area contributed by atoms with E-state index < -0.39 is 34.9 Å². The number of rotatable bonds is 2. The Morgan fingerprint density at radius 2 is 1.50 bits per heavy atom. The molecule has 0 aliphatic carbocycles. The molecule has 0 N–H and O–H groups in total. The van der Waals surface area contributed by atoms with E-state index in [2.05, 4.69) is 0 Å². The summed E-state index contributed by atoms with van der Waals surface area (Å²) >= 11 is 0. The molecule has 1 fully saturated rings. The van der Waals surface area contributed by atoms with Crippen LogP contribution in [0, 0.1) is 5.41 Å². The van der Waals surface area contributed by atoms with Crippen molar-refractivity contribution in [2.24, 2.45) is 5.41 Å². The zero-order valence-electron chi connectivity index (χ0n) is 16.5. The van der Waals surface area contributed by atoms with Crippen molar-refractivity contribution in [2.75, 3.05) is 13.1 Å². The first-order valence-electron chi connectivity index (χ1n) is 9.20. The second-order valence-corrected chi connectivity index (χ2v) is 8.36. The number of benzene rings is 1. The van der Waals surface area contributed by atoms with E-state index >= 15 is 0 Å². The minimum Gasteiger partial charge on any atom is -0.444 e. The number of carbonyl (C=O) groups excluding carboxylic acids is 4. The molecule has 3 rings (SSSR count). The molecule has 8 heteroatoms. The van der Waals surface area contributed by atoms with Crippen molar-refractivity contribution in [3.63, 3.8) is 0 Å². The number of carbonyl (C=O) groups is 4. The van der Waals surface area contributed by atoms with Gasteiger partial charge in [-0.25, -0.2) is 9.59 Å². The third-order valence-electron chi connectivity index (χ3n) is 4.94. The van der Waals surface area contributed by atoms with Gasteiger partial charge in [-0.1, -0.05) is 17.2 Å². The molecule has 3 amide bonds. The van der Waals surface area contributed by atoms with Gasteiger partial charge in [-0.05, 0) is 52.7 Å². The van der Waals surface area contributed by atoms with Crippen LogP contribution in [0.5, 0.6) is 0 Å². The predicted molar refractivity (Wildman–Crippen MR) is 98.2 cm³/mol. The second-order valence-electron chi connectivity index (χ2n) is 8.36. The van der Waals surface area contributed by atoms with E-state index in [4.69, 9.17) is 9.57 Å². The van der Waals surface area contributed by atoms with Crippen molar-refractivity contribution in [3.8, 4) is 0 Å². The molecule has 0 unspecified atom stereocenters. The standard InChI is InChI=1S/C20H24N2O6/c1-19(2,3)27-18(26)21-11-9-20(4,10-12-21)17(25)28-22-15(23)13-7-5-6-8-14(13)16(22)24/h5-8H,9-12H2,1-4H3. The molecule has 0 atom stereocenters. The van der Waals surface area contributed by atoms with Crippen LogP contribution in [0.25, 0.3) is 0 Å². The van der Waals surface area contributed by atoms with E-state index in [1.54, 1.807) is 44.7 Å². The number of imide groups is 1. The summed E-state index contributed by atoms with van der Waals surface area (Å²) in [6.45, 7) is 7.72. The number of likely N-dealkylation sites (tertiary alicyclic amines) is 1. The van der Waals surface area contributed by atoms with Gasteiger partial charge in [-0.2, -0.15) is 0 Å². The van der Waals surface area contributed by atoms with Gasteiger partial charge in [-0.3, -0.25) is 9.59 Å². The van der Waals surface area contributed by atoms with E-state index in [0.717, 1.165) is 0 Å². The van der Waals surface area contributed by atoms with Gasteiger partial charge >= 0.3 is 12.1 Å². The van der Waals surface area contributed by atoms with Crippen LogP contribution in [0.2, 0.25) is 0 Å². The van der Waals surface area contributed by atoms with Gasteiger partial charge in [0.2, 0.25) is 0 Å². The Morgan fingerprint density at radius 3 is 1.96 bits per heavy atom. The molecule has 0 aromatic heterocycles. The second kappa shape index (κ2) is 6.92. The fourth-order valence-corrected chi connectivity index (χ4v) is 3.16. The van der Waals surface area contributed by atoms with E-state index in [9.17, 15) is 19.2 Å². The summed E-state index contributed by atoms with van der Waals surface area (Å²) in [6, 6.07) is 6.32. The number of hydroxylamine groups is 2. The Hall–Kier alpha value is -2.90. The normalized spacial score (nSPS) is 18.7. The van der Waals surface area contributed by atoms with Gasteiger partial charge in [0.15, 0.2) is 0 Å². The average molecular weight is 388 g/mol. The summed E-state index contributed by atoms with van der Waals surface area (Å²) in [7, 11) is 0. The Kier molecular flexibility index (Phi) is 4.91. The van der Waals surface area contributed by atoms with Gasteiger partial charge < -0.3 is 14.5 Å². The lowest BCUT2D eigenvalue weighted by Gasteiger charge is -2.38. The van der Waals surface area contributed by atoms with Gasteiger partial charge in [-0.15, -0.1) is 0 Å². The van der Waals surface area contributed by atoms with Crippen LogP contribution in [0.4, 0.5) is 4.79 Å². The van der Waals surface area contributed by atoms with Crippen LogP contribution in [-0.4, -0.2) is 52.5 Å². The number of ether oxygens (including phenoxy) is 1. The summed E-state index contributed by atoms with van der Waals surface area (Å²) in [6.07, 6.45) is 0.255. The van der Waals surface area contributed by atoms with Gasteiger partial charge in [0.25, 0.3) is 11.8 Å². The molecule has 150 valence electrons. The van der Waals surface area contributed by atoms with Gasteiger partial charge in [0.05, 0.1) is 16.5 Å². The van der Waals surface area contributed by atoms with E-state index in [1.165, 1.54) is 12.1 Å². The molecule has 28 heavy (non-hydrogen) atoms. The Balaban J connectivity index is 1.62. The van der Waals surface area contributed by atoms with E-state index in [0.29, 0.717) is 31.0 Å². The molecular formula is C20H24N2O6. The Bertz CT molecular complexity index is 798. The smallest absolute Gasteiger partial charge is 0.410 e. The van der Waals surface area contributed by atoms with Crippen molar-refractivity contribution in [2.45, 2.75) is 46.1 Å². The topological polar surface area (TPSA) is 93.2 Å². The SMILES string of the molecule is CC(C)(C)OC(=O)N1CCC(C)(C(=O)ON2C(=O)c3ccccc3C2=O)CC1. The highest BCUT2D eigenvalue weighted by atomic mass is 16.7. The maximum atomic E-state index is 12.7. The van der Waals surface area contributed by atoms with Crippen molar-refractivity contribution in [3.05, 3.63) is 35.4 Å². The lowest BCUT2D eigenvalue weighted by Crippen LogP contribution is -2.48. The monoisotopic (exact) mass is 388 g/mol. The zero-order valence-corrected chi connectivity index (χ0v) is 16.5. The minimum atomic E-state index is -0.909. The van der Waals surface area contributed by atoms with Gasteiger partial charge in [0.1, 0.15) is 5.60 Å². The van der Waals surface area contributed by atoms with Crippen molar-refractivity contribution in [1.29, 1.82) is 0 Å². The van der Waals surface area contributed by atoms with Crippen molar-refractivity contribution < 1.29 is 28.8 Å². The summed E-state index contributed by atoms with van der Waals surface area (Å²) in [4.78, 5) is 56.4. The highest BCUT2D eigenvalue weighted by Crippen LogP contribution is 2.34. The summed E-state index contributed by atoms with van der Waals surface area (Å²) < 4.78 is 5.35. The molecular weight excluding hydrogens is 364 g/mol. The maximum Gasteiger partial charge on any atom is 0.410 e. The van der Waals surface area contributed by atoms with E-state index in [1.807, 2.05) is 0 Å². The molecule has 2 heterocycles. The lowest BCUT2D eigenvalue weighted by atomic mass is 9.80. The summed E-state index contributed by atoms with van der Waals surface area (Å²) in [5, 5.41) is 0.526. The Morgan fingerprint density at radius 1 is 1.00 bits per heavy atom. The molecule has 0 spiro atoms. The third-order valence-corrected chi connectivity index (χ3v) is 4.94. The van der Waals surface area contributed by atoms with Crippen LogP contribution >= 0.6 is 0 Å². The first kappa shape index (κ1) is 19.9. The van der Waals surface area contributed by atoms with Crippen LogP contribution in [0.3, 0.4) is 0 Å². The lowest BCUT2D eigenvalue weighted by molar-refractivity contribution is -0.183. The number of hydrogen-bond donors (Lipinski definition) is 0.